The Labute approximate surface area is 135 Å². The van der Waals surface area contributed by atoms with E-state index in [2.05, 4.69) is 24.1 Å². The molecule has 1 saturated heterocycles. The second-order valence-electron chi connectivity index (χ2n) is 6.13. The zero-order valence-electron chi connectivity index (χ0n) is 12.5. The van der Waals surface area contributed by atoms with Gasteiger partial charge in [0.15, 0.2) is 0 Å². The fourth-order valence-corrected chi connectivity index (χ4v) is 3.50. The molecule has 1 aromatic carbocycles. The molecule has 0 saturated carbocycles. The van der Waals surface area contributed by atoms with E-state index >= 15 is 0 Å². The van der Waals surface area contributed by atoms with E-state index in [1.807, 2.05) is 6.92 Å². The molecule has 1 aromatic rings. The fraction of sp³-hybridized carbons (Fsp3) is 0.533. The second kappa shape index (κ2) is 6.03. The summed E-state index contributed by atoms with van der Waals surface area (Å²) in [6.45, 7) is 7.15. The molecule has 1 fully saturated rings. The van der Waals surface area contributed by atoms with Crippen LogP contribution in [0.2, 0.25) is 10.0 Å². The number of carbonyl (C=O) groups excluding carboxylic acids is 1. The Kier molecular flexibility index (Phi) is 4.71. The maximum Gasteiger partial charge on any atom is 0.241 e. The molecule has 0 spiro atoms. The highest BCUT2D eigenvalue weighted by Gasteiger charge is 2.37. The van der Waals surface area contributed by atoms with Crippen LogP contribution in [-0.2, 0) is 4.79 Å². The second-order valence-corrected chi connectivity index (χ2v) is 6.97. The minimum atomic E-state index is -0.242. The third kappa shape index (κ3) is 3.44. The molecule has 0 aliphatic carbocycles. The number of carbonyl (C=O) groups is 1. The molecule has 1 atom stereocenters. The van der Waals surface area contributed by atoms with Gasteiger partial charge in [0, 0.05) is 10.6 Å². The first-order chi connectivity index (χ1) is 9.72. The summed E-state index contributed by atoms with van der Waals surface area (Å²) in [6.07, 6.45) is 2.20. The number of nitrogens with one attached hydrogen (secondary N) is 1. The fourth-order valence-electron chi connectivity index (χ4n) is 2.94. The van der Waals surface area contributed by atoms with Crippen molar-refractivity contribution in [2.75, 3.05) is 17.6 Å². The van der Waals surface area contributed by atoms with Gasteiger partial charge < -0.3 is 11.1 Å². The van der Waals surface area contributed by atoms with Crippen LogP contribution in [-0.4, -0.2) is 28.9 Å². The van der Waals surface area contributed by atoms with E-state index in [0.717, 1.165) is 19.4 Å². The highest BCUT2D eigenvalue weighted by molar-refractivity contribution is 6.37. The smallest absolute Gasteiger partial charge is 0.241 e. The minimum absolute atomic E-state index is 0.0338. The number of hydrogen-bond acceptors (Lipinski definition) is 3. The maximum absolute atomic E-state index is 12.5. The quantitative estimate of drug-likeness (QED) is 0.829. The van der Waals surface area contributed by atoms with E-state index in [-0.39, 0.29) is 17.5 Å². The number of nitrogen functional groups attached to an aromatic ring is 1. The molecule has 1 heterocycles. The van der Waals surface area contributed by atoms with Crippen molar-refractivity contribution in [1.82, 2.24) is 4.90 Å². The highest BCUT2D eigenvalue weighted by atomic mass is 35.5. The number of halogens is 2. The van der Waals surface area contributed by atoms with Crippen LogP contribution < -0.4 is 11.1 Å². The summed E-state index contributed by atoms with van der Waals surface area (Å²) < 4.78 is 0. The van der Waals surface area contributed by atoms with Crippen LogP contribution in [0.5, 0.6) is 0 Å². The summed E-state index contributed by atoms with van der Waals surface area (Å²) in [5.74, 6) is -0.110. The first kappa shape index (κ1) is 16.4. The summed E-state index contributed by atoms with van der Waals surface area (Å²) in [4.78, 5) is 14.7. The van der Waals surface area contributed by atoms with Gasteiger partial charge in [-0.1, -0.05) is 23.2 Å². The monoisotopic (exact) mass is 329 g/mol. The van der Waals surface area contributed by atoms with Crippen molar-refractivity contribution in [3.63, 3.8) is 0 Å². The Morgan fingerprint density at radius 2 is 2.10 bits per heavy atom. The van der Waals surface area contributed by atoms with Crippen molar-refractivity contribution in [2.24, 2.45) is 0 Å². The van der Waals surface area contributed by atoms with Crippen LogP contribution in [0.15, 0.2) is 12.1 Å². The Morgan fingerprint density at radius 3 is 2.62 bits per heavy atom. The zero-order chi connectivity index (χ0) is 15.8. The van der Waals surface area contributed by atoms with Gasteiger partial charge in [-0.2, -0.15) is 0 Å². The number of benzene rings is 1. The zero-order valence-corrected chi connectivity index (χ0v) is 14.1. The topological polar surface area (TPSA) is 58.4 Å². The molecule has 21 heavy (non-hydrogen) atoms. The van der Waals surface area contributed by atoms with Crippen molar-refractivity contribution in [2.45, 2.75) is 45.2 Å². The van der Waals surface area contributed by atoms with Crippen LogP contribution in [0.3, 0.4) is 0 Å². The summed E-state index contributed by atoms with van der Waals surface area (Å²) in [7, 11) is 0. The van der Waals surface area contributed by atoms with Crippen molar-refractivity contribution < 1.29 is 4.79 Å². The predicted molar refractivity (Wildman–Crippen MR) is 89.0 cm³/mol. The number of likely N-dealkylation sites (tertiary alicyclic amines) is 1. The van der Waals surface area contributed by atoms with Gasteiger partial charge in [0.1, 0.15) is 0 Å². The SMILES string of the molecule is CC(C(=O)Nc1c(N)cc(Cl)cc1Cl)N1CCCC1(C)C. The number of anilines is 2. The summed E-state index contributed by atoms with van der Waals surface area (Å²) in [6, 6.07) is 2.90. The molecular formula is C15H21Cl2N3O. The van der Waals surface area contributed by atoms with E-state index in [1.165, 1.54) is 0 Å². The lowest BCUT2D eigenvalue weighted by Gasteiger charge is -2.35. The van der Waals surface area contributed by atoms with E-state index in [9.17, 15) is 4.79 Å². The molecule has 6 heteroatoms. The number of rotatable bonds is 3. The molecular weight excluding hydrogens is 309 g/mol. The molecule has 1 unspecified atom stereocenters. The molecule has 4 nitrogen and oxygen atoms in total. The van der Waals surface area contributed by atoms with E-state index in [1.54, 1.807) is 12.1 Å². The summed E-state index contributed by atoms with van der Waals surface area (Å²) in [5.41, 5.74) is 6.71. The van der Waals surface area contributed by atoms with E-state index < -0.39 is 0 Å². The third-order valence-corrected chi connectivity index (χ3v) is 4.66. The molecule has 2 rings (SSSR count). The number of nitrogens with two attached hydrogens (primary N) is 1. The molecule has 0 aromatic heterocycles. The van der Waals surface area contributed by atoms with Gasteiger partial charge in [0.05, 0.1) is 22.4 Å². The summed E-state index contributed by atoms with van der Waals surface area (Å²) >= 11 is 12.0. The molecule has 1 aliphatic heterocycles. The molecule has 1 amide bonds. The largest absolute Gasteiger partial charge is 0.397 e. The molecule has 1 aliphatic rings. The van der Waals surface area contributed by atoms with Gasteiger partial charge in [0.25, 0.3) is 0 Å². The van der Waals surface area contributed by atoms with Gasteiger partial charge in [-0.15, -0.1) is 0 Å². The Hall–Kier alpha value is -0.970. The Bertz CT molecular complexity index is 537. The van der Waals surface area contributed by atoms with Crippen molar-refractivity contribution in [3.8, 4) is 0 Å². The predicted octanol–water partition coefficient (Wildman–Crippen LogP) is 3.78. The highest BCUT2D eigenvalue weighted by Crippen LogP contribution is 2.34. The molecule has 0 radical (unpaired) electrons. The average molecular weight is 330 g/mol. The number of nitrogens with zero attached hydrogens (tertiary/aromatic N) is 1. The first-order valence-corrected chi connectivity index (χ1v) is 7.80. The Morgan fingerprint density at radius 1 is 1.43 bits per heavy atom. The molecule has 0 bridgehead atoms. The van der Waals surface area contributed by atoms with Crippen LogP contribution in [0.1, 0.15) is 33.6 Å². The first-order valence-electron chi connectivity index (χ1n) is 7.04. The van der Waals surface area contributed by atoms with Crippen LogP contribution >= 0.6 is 23.2 Å². The summed E-state index contributed by atoms with van der Waals surface area (Å²) in [5, 5.41) is 3.62. The normalized spacial score (nSPS) is 19.5. The van der Waals surface area contributed by atoms with Crippen LogP contribution in [0, 0.1) is 0 Å². The average Bonchev–Trinajstić information content (AvgIpc) is 2.72. The maximum atomic E-state index is 12.5. The van der Waals surface area contributed by atoms with Gasteiger partial charge in [-0.3, -0.25) is 9.69 Å². The molecule has 3 N–H and O–H groups in total. The standard InChI is InChI=1S/C15H21Cl2N3O/c1-9(20-6-4-5-15(20,2)3)14(21)19-13-11(17)7-10(16)8-12(13)18/h7-9H,4-6,18H2,1-3H3,(H,19,21). The van der Waals surface area contributed by atoms with Crippen molar-refractivity contribution >= 4 is 40.5 Å². The number of amides is 1. The van der Waals surface area contributed by atoms with Crippen molar-refractivity contribution in [1.29, 1.82) is 0 Å². The lowest BCUT2D eigenvalue weighted by molar-refractivity contribution is -0.122. The Balaban J connectivity index is 2.15. The lowest BCUT2D eigenvalue weighted by atomic mass is 10.0. The minimum Gasteiger partial charge on any atom is -0.397 e. The van der Waals surface area contributed by atoms with Crippen LogP contribution in [0.4, 0.5) is 11.4 Å². The third-order valence-electron chi connectivity index (χ3n) is 4.15. The van der Waals surface area contributed by atoms with Gasteiger partial charge in [0.2, 0.25) is 5.91 Å². The van der Waals surface area contributed by atoms with Crippen molar-refractivity contribution in [3.05, 3.63) is 22.2 Å². The van der Waals surface area contributed by atoms with Gasteiger partial charge in [-0.05, 0) is 52.3 Å². The van der Waals surface area contributed by atoms with E-state index in [0.29, 0.717) is 21.4 Å². The van der Waals surface area contributed by atoms with E-state index in [4.69, 9.17) is 28.9 Å². The lowest BCUT2D eigenvalue weighted by Crippen LogP contribution is -2.49. The molecule has 116 valence electrons. The van der Waals surface area contributed by atoms with Gasteiger partial charge >= 0.3 is 0 Å². The number of hydrogen-bond donors (Lipinski definition) is 2. The van der Waals surface area contributed by atoms with Gasteiger partial charge in [-0.25, -0.2) is 0 Å². The van der Waals surface area contributed by atoms with Crippen LogP contribution in [0.25, 0.3) is 0 Å².